The van der Waals surface area contributed by atoms with Gasteiger partial charge in [-0.05, 0) is 45.0 Å². The molecule has 30 heavy (non-hydrogen) atoms. The van der Waals surface area contributed by atoms with Crippen molar-refractivity contribution >= 4 is 16.1 Å². The monoisotopic (exact) mass is 457 g/mol. The van der Waals surface area contributed by atoms with Crippen molar-refractivity contribution < 1.29 is 46.3 Å². The van der Waals surface area contributed by atoms with E-state index in [4.69, 9.17) is 4.74 Å². The molecule has 0 radical (unpaired) electrons. The maximum Gasteiger partial charge on any atom is 0.573 e. The smallest absolute Gasteiger partial charge is 0.573 e. The van der Waals surface area contributed by atoms with Gasteiger partial charge < -0.3 is 14.7 Å². The summed E-state index contributed by atoms with van der Waals surface area (Å²) in [5.74, 6) is -0.619. The van der Waals surface area contributed by atoms with E-state index < -0.39 is 56.7 Å². The summed E-state index contributed by atoms with van der Waals surface area (Å²) in [5, 5.41) is 19.7. The largest absolute Gasteiger partial charge is 0.599 e. The number of benzene rings is 1. The molecule has 1 fully saturated rings. The molecule has 0 aliphatic carbocycles. The molecule has 0 saturated carbocycles. The topological polar surface area (TPSA) is 124 Å². The van der Waals surface area contributed by atoms with Crippen molar-refractivity contribution in [2.45, 2.75) is 43.8 Å². The summed E-state index contributed by atoms with van der Waals surface area (Å²) < 4.78 is 72.1. The number of sulfonamides is 1. The molecule has 10 nitrogen and oxygen atoms in total. The molecule has 1 aliphatic heterocycles. The minimum absolute atomic E-state index is 0.118. The molecule has 2 rings (SSSR count). The van der Waals surface area contributed by atoms with Crippen molar-refractivity contribution in [3.63, 3.8) is 0 Å². The summed E-state index contributed by atoms with van der Waals surface area (Å²) >= 11 is 0. The van der Waals surface area contributed by atoms with Gasteiger partial charge in [-0.1, -0.05) is 0 Å². The van der Waals surface area contributed by atoms with Gasteiger partial charge in [-0.25, -0.2) is 23.6 Å². The first kappa shape index (κ1) is 24.1. The summed E-state index contributed by atoms with van der Waals surface area (Å²) in [6.45, 7) is 4.00. The van der Waals surface area contributed by atoms with E-state index in [1.807, 2.05) is 0 Å². The van der Waals surface area contributed by atoms with Crippen LogP contribution in [0.2, 0.25) is 0 Å². The summed E-state index contributed by atoms with van der Waals surface area (Å²) in [4.78, 5) is 12.9. The van der Waals surface area contributed by atoms with Crippen LogP contribution in [0.4, 0.5) is 18.0 Å². The number of carbonyl (C=O) groups is 1. The highest BCUT2D eigenvalue weighted by Gasteiger charge is 2.42. The highest BCUT2D eigenvalue weighted by atomic mass is 32.2. The van der Waals surface area contributed by atoms with Gasteiger partial charge >= 0.3 is 12.5 Å². The number of ether oxygens (including phenoxy) is 2. The van der Waals surface area contributed by atoms with Gasteiger partial charge in [0.15, 0.2) is 0 Å². The number of nitrogens with one attached hydrogen (secondary N) is 1. The van der Waals surface area contributed by atoms with Crippen molar-refractivity contribution in [1.29, 1.82) is 0 Å². The summed E-state index contributed by atoms with van der Waals surface area (Å²) in [5.41, 5.74) is -0.820. The summed E-state index contributed by atoms with van der Waals surface area (Å²) in [7, 11) is -4.36. The Hall–Kier alpha value is -2.13. The van der Waals surface area contributed by atoms with E-state index in [0.717, 1.165) is 29.2 Å². The molecule has 1 aromatic rings. The zero-order chi connectivity index (χ0) is 22.9. The maximum absolute atomic E-state index is 12.9. The molecule has 14 heteroatoms. The van der Waals surface area contributed by atoms with E-state index in [1.165, 1.54) is 0 Å². The zero-order valence-electron chi connectivity index (χ0n) is 16.3. The molecule has 1 amide bonds. The van der Waals surface area contributed by atoms with Crippen molar-refractivity contribution in [2.24, 2.45) is 0 Å². The SMILES string of the molecule is CC(C)(C)OC(=O)N1CCN(S(=O)(=O)c2ccc(OC(F)(F)F)cc2)[C@@H]([NH+]([O-])O)C1. The van der Waals surface area contributed by atoms with Crippen LogP contribution in [0.5, 0.6) is 5.75 Å². The van der Waals surface area contributed by atoms with Crippen molar-refractivity contribution in [2.75, 3.05) is 19.6 Å². The lowest BCUT2D eigenvalue weighted by Crippen LogP contribution is -3.12. The minimum Gasteiger partial charge on any atom is -0.599 e. The van der Waals surface area contributed by atoms with E-state index in [9.17, 15) is 36.8 Å². The number of rotatable bonds is 4. The van der Waals surface area contributed by atoms with Crippen LogP contribution in [0.15, 0.2) is 29.2 Å². The highest BCUT2D eigenvalue weighted by molar-refractivity contribution is 7.89. The number of piperazine rings is 1. The second-order valence-electron chi connectivity index (χ2n) is 7.42. The lowest BCUT2D eigenvalue weighted by molar-refractivity contribution is -1.07. The second kappa shape index (κ2) is 8.55. The van der Waals surface area contributed by atoms with Crippen LogP contribution in [-0.4, -0.2) is 66.7 Å². The number of amides is 1. The normalized spacial score (nSPS) is 20.0. The molecule has 170 valence electrons. The Morgan fingerprint density at radius 2 is 1.77 bits per heavy atom. The standard InChI is InChI=1S/C16H22F3N3O7S/c1-15(2,3)29-14(23)20-8-9-21(13(10-20)22(24)25)30(26,27)12-6-4-11(5-7-12)28-16(17,18)19/h4-7,13,22,24H,8-10H2,1-3H3/t13-/m0/s1. The fourth-order valence-electron chi connectivity index (χ4n) is 2.70. The third kappa shape index (κ3) is 6.18. The van der Waals surface area contributed by atoms with Gasteiger partial charge in [0, 0.05) is 13.1 Å². The first-order chi connectivity index (χ1) is 13.6. The molecular weight excluding hydrogens is 435 g/mol. The van der Waals surface area contributed by atoms with E-state index in [1.54, 1.807) is 20.8 Å². The molecule has 1 saturated heterocycles. The Morgan fingerprint density at radius 1 is 1.20 bits per heavy atom. The Bertz CT molecular complexity index is 854. The Kier molecular flexibility index (Phi) is 6.88. The van der Waals surface area contributed by atoms with E-state index >= 15 is 0 Å². The lowest BCUT2D eigenvalue weighted by Gasteiger charge is -2.41. The number of nitrogens with zero attached hydrogens (tertiary/aromatic N) is 2. The molecule has 0 aromatic heterocycles. The van der Waals surface area contributed by atoms with E-state index in [-0.39, 0.29) is 13.1 Å². The third-order valence-corrected chi connectivity index (χ3v) is 5.85. The third-order valence-electron chi connectivity index (χ3n) is 3.93. The Morgan fingerprint density at radius 3 is 2.23 bits per heavy atom. The zero-order valence-corrected chi connectivity index (χ0v) is 17.2. The number of quaternary nitrogens is 1. The summed E-state index contributed by atoms with van der Waals surface area (Å²) in [6, 6.07) is 3.39. The second-order valence-corrected chi connectivity index (χ2v) is 9.31. The number of hydroxylamine groups is 2. The average molecular weight is 457 g/mol. The van der Waals surface area contributed by atoms with Gasteiger partial charge in [0.1, 0.15) is 11.4 Å². The van der Waals surface area contributed by atoms with Gasteiger partial charge in [-0.15, -0.1) is 17.5 Å². The molecule has 2 N–H and O–H groups in total. The van der Waals surface area contributed by atoms with Crippen LogP contribution >= 0.6 is 0 Å². The van der Waals surface area contributed by atoms with Gasteiger partial charge in [0.25, 0.3) is 0 Å². The first-order valence-electron chi connectivity index (χ1n) is 8.68. The molecule has 1 unspecified atom stereocenters. The quantitative estimate of drug-likeness (QED) is 0.645. The molecule has 1 aromatic carbocycles. The fraction of sp³-hybridized carbons (Fsp3) is 0.562. The van der Waals surface area contributed by atoms with Crippen LogP contribution in [0.25, 0.3) is 0 Å². The number of hydrogen-bond donors (Lipinski definition) is 2. The van der Waals surface area contributed by atoms with Crippen LogP contribution in [0.3, 0.4) is 0 Å². The van der Waals surface area contributed by atoms with Crippen molar-refractivity contribution in [3.05, 3.63) is 29.5 Å². The predicted octanol–water partition coefficient (Wildman–Crippen LogP) is 0.925. The fourth-order valence-corrected chi connectivity index (χ4v) is 4.26. The molecule has 0 spiro atoms. The van der Waals surface area contributed by atoms with Gasteiger partial charge in [-0.3, -0.25) is 4.90 Å². The lowest BCUT2D eigenvalue weighted by atomic mass is 10.2. The van der Waals surface area contributed by atoms with Gasteiger partial charge in [-0.2, -0.15) is 0 Å². The van der Waals surface area contributed by atoms with Crippen LogP contribution in [0, 0.1) is 5.21 Å². The minimum atomic E-state index is -4.94. The number of carbonyl (C=O) groups excluding carboxylic acids is 1. The van der Waals surface area contributed by atoms with E-state index in [0.29, 0.717) is 4.31 Å². The van der Waals surface area contributed by atoms with Crippen LogP contribution in [-0.2, 0) is 14.8 Å². The van der Waals surface area contributed by atoms with Gasteiger partial charge in [0.05, 0.1) is 11.4 Å². The maximum atomic E-state index is 12.9. The van der Waals surface area contributed by atoms with Crippen molar-refractivity contribution in [3.8, 4) is 5.75 Å². The molecule has 2 atom stereocenters. The number of halogens is 3. The predicted molar refractivity (Wildman–Crippen MR) is 94.7 cm³/mol. The Labute approximate surface area is 170 Å². The number of alkyl halides is 3. The highest BCUT2D eigenvalue weighted by Crippen LogP contribution is 2.26. The summed E-state index contributed by atoms with van der Waals surface area (Å²) in [6.07, 6.45) is -7.31. The Balaban J connectivity index is 2.21. The number of hydrogen-bond acceptors (Lipinski definition) is 7. The van der Waals surface area contributed by atoms with E-state index in [2.05, 4.69) is 4.74 Å². The molecule has 1 aliphatic rings. The van der Waals surface area contributed by atoms with Crippen LogP contribution in [0.1, 0.15) is 20.8 Å². The van der Waals surface area contributed by atoms with Gasteiger partial charge in [0.2, 0.25) is 16.2 Å². The first-order valence-corrected chi connectivity index (χ1v) is 10.1. The van der Waals surface area contributed by atoms with Crippen LogP contribution < -0.4 is 9.96 Å². The molecule has 0 bridgehead atoms. The average Bonchev–Trinajstić information content (AvgIpc) is 2.58. The molecular formula is C16H22F3N3O7S. The molecule has 1 heterocycles. The van der Waals surface area contributed by atoms with Crippen molar-refractivity contribution in [1.82, 2.24) is 9.21 Å².